The highest BCUT2D eigenvalue weighted by Crippen LogP contribution is 2.30. The number of piperazine rings is 1. The summed E-state index contributed by atoms with van der Waals surface area (Å²) in [5.41, 5.74) is 5.91. The smallest absolute Gasteiger partial charge is 0.423 e. The Bertz CT molecular complexity index is 1540. The van der Waals surface area contributed by atoms with Crippen LogP contribution in [0.15, 0.2) is 82.0 Å². The molecule has 1 unspecified atom stereocenters. The quantitative estimate of drug-likeness (QED) is 0.102. The fourth-order valence-corrected chi connectivity index (χ4v) is 6.20. The van der Waals surface area contributed by atoms with Gasteiger partial charge >= 0.3 is 11.7 Å². The second-order valence-corrected chi connectivity index (χ2v) is 11.9. The Morgan fingerprint density at radius 2 is 1.52 bits per heavy atom. The van der Waals surface area contributed by atoms with Crippen LogP contribution in [0.25, 0.3) is 22.2 Å². The number of unbranched alkanes of at least 4 members (excludes halogenated alkanes) is 6. The molecule has 0 bridgehead atoms. The Hall–Kier alpha value is -3.84. The molecule has 0 spiro atoms. The lowest BCUT2D eigenvalue weighted by Crippen LogP contribution is -2.46. The van der Waals surface area contributed by atoms with Crippen molar-refractivity contribution in [3.8, 4) is 11.1 Å². The molecule has 7 heteroatoms. The van der Waals surface area contributed by atoms with Crippen LogP contribution in [0.5, 0.6) is 0 Å². The van der Waals surface area contributed by atoms with Gasteiger partial charge < -0.3 is 14.1 Å². The van der Waals surface area contributed by atoms with Crippen LogP contribution in [-0.4, -0.2) is 41.6 Å². The van der Waals surface area contributed by atoms with Crippen LogP contribution < -0.4 is 10.7 Å². The zero-order valence-electron chi connectivity index (χ0n) is 26.4. The van der Waals surface area contributed by atoms with Crippen LogP contribution in [0, 0.1) is 0 Å². The topological polar surface area (TPSA) is 67.9 Å². The average molecular weight is 598 g/mol. The molecule has 1 fully saturated rings. The van der Waals surface area contributed by atoms with Gasteiger partial charge in [0.2, 0.25) is 0 Å². The maximum absolute atomic E-state index is 13.1. The van der Waals surface area contributed by atoms with Crippen LogP contribution in [-0.2, 0) is 16.1 Å². The summed E-state index contributed by atoms with van der Waals surface area (Å²) in [6.45, 7) is 8.51. The third-order valence-corrected chi connectivity index (χ3v) is 8.66. The van der Waals surface area contributed by atoms with E-state index in [9.17, 15) is 9.59 Å². The number of carbonyl (C=O) groups excluding carboxylic acids is 1. The van der Waals surface area contributed by atoms with E-state index in [1.54, 1.807) is 0 Å². The molecular formula is C37H47N3O4. The second-order valence-electron chi connectivity index (χ2n) is 11.9. The van der Waals surface area contributed by atoms with E-state index in [4.69, 9.17) is 9.15 Å². The monoisotopic (exact) mass is 597 g/mol. The number of rotatable bonds is 15. The molecule has 3 aromatic carbocycles. The van der Waals surface area contributed by atoms with Crippen LogP contribution in [0.3, 0.4) is 0 Å². The summed E-state index contributed by atoms with van der Waals surface area (Å²) >= 11 is 0. The lowest BCUT2D eigenvalue weighted by Gasteiger charge is -2.36. The highest BCUT2D eigenvalue weighted by Gasteiger charge is 2.25. The minimum atomic E-state index is -0.681. The van der Waals surface area contributed by atoms with E-state index in [-0.39, 0.29) is 5.97 Å². The Morgan fingerprint density at radius 1 is 0.818 bits per heavy atom. The largest absolute Gasteiger partial charge is 0.441 e. The van der Waals surface area contributed by atoms with Crippen molar-refractivity contribution in [2.24, 2.45) is 0 Å². The molecule has 4 aromatic rings. The van der Waals surface area contributed by atoms with E-state index in [2.05, 4.69) is 65.3 Å². The fraction of sp³-hybridized carbons (Fsp3) is 0.459. The van der Waals surface area contributed by atoms with Gasteiger partial charge in [-0.05, 0) is 41.3 Å². The zero-order chi connectivity index (χ0) is 30.7. The number of nitrogens with zero attached hydrogens (tertiary/aromatic N) is 3. The van der Waals surface area contributed by atoms with E-state index < -0.39 is 12.0 Å². The number of esters is 1. The number of aromatic nitrogens is 1. The average Bonchev–Trinajstić information content (AvgIpc) is 3.40. The van der Waals surface area contributed by atoms with E-state index in [0.29, 0.717) is 23.9 Å². The maximum Gasteiger partial charge on any atom is 0.423 e. The first-order chi connectivity index (χ1) is 21.6. The molecule has 0 N–H and O–H groups in total. The zero-order valence-corrected chi connectivity index (χ0v) is 26.4. The van der Waals surface area contributed by atoms with Crippen molar-refractivity contribution in [1.82, 2.24) is 9.47 Å². The molecule has 5 rings (SSSR count). The van der Waals surface area contributed by atoms with Gasteiger partial charge in [0.1, 0.15) is 0 Å². The van der Waals surface area contributed by atoms with Crippen molar-refractivity contribution in [3.63, 3.8) is 0 Å². The van der Waals surface area contributed by atoms with Gasteiger partial charge in [-0.15, -0.1) is 0 Å². The number of oxazole rings is 1. The molecule has 1 atom stereocenters. The predicted molar refractivity (Wildman–Crippen MR) is 178 cm³/mol. The summed E-state index contributed by atoms with van der Waals surface area (Å²) in [5.74, 6) is -0.742. The predicted octanol–water partition coefficient (Wildman–Crippen LogP) is 8.18. The fourth-order valence-electron chi connectivity index (χ4n) is 6.20. The highest BCUT2D eigenvalue weighted by atomic mass is 16.6. The first-order valence-electron chi connectivity index (χ1n) is 16.5. The molecule has 0 amide bonds. The molecule has 0 aliphatic carbocycles. The third-order valence-electron chi connectivity index (χ3n) is 8.66. The second kappa shape index (κ2) is 15.8. The molecule has 2 heterocycles. The SMILES string of the molecule is CCCCCCCCCC(=O)OC(CC)n1c(=O)oc2c(N3CCN(Cc4cccc(-c5ccccc5)c4)CC3)cccc21. The first kappa shape index (κ1) is 31.6. The number of hydrogen-bond donors (Lipinski definition) is 0. The number of fused-ring (bicyclic) bond motifs is 1. The number of ether oxygens (including phenoxy) is 1. The summed E-state index contributed by atoms with van der Waals surface area (Å²) in [5, 5.41) is 0. The highest BCUT2D eigenvalue weighted by molar-refractivity contribution is 5.87. The summed E-state index contributed by atoms with van der Waals surface area (Å²) in [7, 11) is 0. The van der Waals surface area contributed by atoms with Gasteiger partial charge in [0.25, 0.3) is 0 Å². The lowest BCUT2D eigenvalue weighted by atomic mass is 10.0. The lowest BCUT2D eigenvalue weighted by molar-refractivity contribution is -0.154. The third kappa shape index (κ3) is 8.00. The number of benzene rings is 3. The van der Waals surface area contributed by atoms with E-state index in [1.165, 1.54) is 46.9 Å². The van der Waals surface area contributed by atoms with Crippen molar-refractivity contribution >= 4 is 22.8 Å². The van der Waals surface area contributed by atoms with Gasteiger partial charge in [-0.25, -0.2) is 9.36 Å². The minimum absolute atomic E-state index is 0.256. The van der Waals surface area contributed by atoms with Gasteiger partial charge in [0.05, 0.1) is 11.2 Å². The van der Waals surface area contributed by atoms with Crippen molar-refractivity contribution in [1.29, 1.82) is 0 Å². The van der Waals surface area contributed by atoms with Crippen molar-refractivity contribution in [3.05, 3.63) is 88.9 Å². The Labute approximate surface area is 261 Å². The first-order valence-corrected chi connectivity index (χ1v) is 16.5. The van der Waals surface area contributed by atoms with Gasteiger partial charge in [-0.2, -0.15) is 0 Å². The molecule has 1 saturated heterocycles. The van der Waals surface area contributed by atoms with Crippen LogP contribution >= 0.6 is 0 Å². The van der Waals surface area contributed by atoms with E-state index in [0.717, 1.165) is 57.7 Å². The maximum atomic E-state index is 13.1. The van der Waals surface area contributed by atoms with Gasteiger partial charge in [0, 0.05) is 45.6 Å². The molecule has 0 saturated carbocycles. The normalized spacial score (nSPS) is 14.6. The van der Waals surface area contributed by atoms with Crippen LogP contribution in [0.2, 0.25) is 0 Å². The number of hydrogen-bond acceptors (Lipinski definition) is 6. The Morgan fingerprint density at radius 3 is 2.27 bits per heavy atom. The van der Waals surface area contributed by atoms with Crippen LogP contribution in [0.4, 0.5) is 5.69 Å². The number of carbonyl (C=O) groups is 1. The molecule has 234 valence electrons. The van der Waals surface area contributed by atoms with Crippen molar-refractivity contribution in [2.75, 3.05) is 31.1 Å². The van der Waals surface area contributed by atoms with Gasteiger partial charge in [0.15, 0.2) is 11.8 Å². The van der Waals surface area contributed by atoms with E-state index >= 15 is 0 Å². The number of anilines is 1. The Kier molecular flexibility index (Phi) is 11.3. The summed E-state index contributed by atoms with van der Waals surface area (Å²) in [6, 6.07) is 25.1. The summed E-state index contributed by atoms with van der Waals surface area (Å²) < 4.78 is 13.2. The van der Waals surface area contributed by atoms with Crippen molar-refractivity contribution in [2.45, 2.75) is 84.4 Å². The number of para-hydroxylation sites is 1. The van der Waals surface area contributed by atoms with Gasteiger partial charge in [-0.1, -0.05) is 107 Å². The minimum Gasteiger partial charge on any atom is -0.441 e. The molecule has 1 aliphatic heterocycles. The standard InChI is InChI=1S/C37H47N3O4/c1-3-5-6-7-8-9-13-22-35(41)43-34(4-2)40-33-21-15-20-32(36(33)44-37(40)42)39-25-23-38(24-26-39)28-29-16-14-19-31(27-29)30-17-11-10-12-18-30/h10-12,14-21,27,34H,3-9,13,22-26,28H2,1-2H3. The van der Waals surface area contributed by atoms with Crippen LogP contribution in [0.1, 0.15) is 83.4 Å². The van der Waals surface area contributed by atoms with E-state index in [1.807, 2.05) is 31.2 Å². The Balaban J connectivity index is 1.19. The molecular weight excluding hydrogens is 550 g/mol. The molecule has 44 heavy (non-hydrogen) atoms. The molecule has 1 aromatic heterocycles. The molecule has 7 nitrogen and oxygen atoms in total. The summed E-state index contributed by atoms with van der Waals surface area (Å²) in [4.78, 5) is 30.5. The summed E-state index contributed by atoms with van der Waals surface area (Å²) in [6.07, 6.45) is 8.17. The molecule has 1 aliphatic rings. The molecule has 0 radical (unpaired) electrons. The van der Waals surface area contributed by atoms with Crippen molar-refractivity contribution < 1.29 is 13.9 Å². The van der Waals surface area contributed by atoms with Gasteiger partial charge in [-0.3, -0.25) is 9.69 Å².